The van der Waals surface area contributed by atoms with Crippen LogP contribution in [0.1, 0.15) is 17.7 Å². The summed E-state index contributed by atoms with van der Waals surface area (Å²) >= 11 is 4.42. The summed E-state index contributed by atoms with van der Waals surface area (Å²) in [5.41, 5.74) is 2.18. The molecule has 0 aliphatic heterocycles. The lowest BCUT2D eigenvalue weighted by Crippen LogP contribution is -2.17. The molecule has 0 saturated carbocycles. The molecule has 0 aliphatic rings. The number of aromatic nitrogens is 1. The van der Waals surface area contributed by atoms with Gasteiger partial charge in [-0.15, -0.1) is 12.6 Å². The highest BCUT2D eigenvalue weighted by Crippen LogP contribution is 2.31. The van der Waals surface area contributed by atoms with Gasteiger partial charge >= 0.3 is 0 Å². The van der Waals surface area contributed by atoms with Crippen molar-refractivity contribution in [2.24, 2.45) is 0 Å². The molecular weight excluding hydrogens is 382 g/mol. The van der Waals surface area contributed by atoms with E-state index in [1.54, 1.807) is 12.1 Å². The SMILES string of the molecule is C=Cc1onc(-c2cccc(OCCCNCc3ccc(F)c(F)c3)c2)c1S. The van der Waals surface area contributed by atoms with E-state index >= 15 is 0 Å². The smallest absolute Gasteiger partial charge is 0.173 e. The normalized spacial score (nSPS) is 10.8. The van der Waals surface area contributed by atoms with Crippen molar-refractivity contribution in [2.45, 2.75) is 17.9 Å². The summed E-state index contributed by atoms with van der Waals surface area (Å²) < 4.78 is 37.0. The van der Waals surface area contributed by atoms with Crippen molar-refractivity contribution < 1.29 is 18.0 Å². The molecule has 0 radical (unpaired) electrons. The highest BCUT2D eigenvalue weighted by molar-refractivity contribution is 7.80. The van der Waals surface area contributed by atoms with Gasteiger partial charge in [0.2, 0.25) is 0 Å². The van der Waals surface area contributed by atoms with Crippen LogP contribution in [0.5, 0.6) is 5.75 Å². The van der Waals surface area contributed by atoms with Gasteiger partial charge in [0.25, 0.3) is 0 Å². The fraction of sp³-hybridized carbons (Fsp3) is 0.190. The van der Waals surface area contributed by atoms with E-state index in [0.717, 1.165) is 18.1 Å². The first-order valence-corrected chi connectivity index (χ1v) is 9.22. The third-order valence-electron chi connectivity index (χ3n) is 4.07. The van der Waals surface area contributed by atoms with Gasteiger partial charge < -0.3 is 14.6 Å². The Bertz CT molecular complexity index is 959. The molecule has 0 saturated heterocycles. The van der Waals surface area contributed by atoms with E-state index in [2.05, 4.69) is 29.7 Å². The fourth-order valence-corrected chi connectivity index (χ4v) is 2.93. The molecule has 1 aromatic heterocycles. The maximum Gasteiger partial charge on any atom is 0.173 e. The Labute approximate surface area is 167 Å². The summed E-state index contributed by atoms with van der Waals surface area (Å²) in [5, 5.41) is 7.20. The Morgan fingerprint density at radius 2 is 2.04 bits per heavy atom. The summed E-state index contributed by atoms with van der Waals surface area (Å²) in [6.07, 6.45) is 2.32. The maximum absolute atomic E-state index is 13.2. The lowest BCUT2D eigenvalue weighted by Gasteiger charge is -2.09. The molecule has 0 spiro atoms. The van der Waals surface area contributed by atoms with E-state index in [4.69, 9.17) is 9.26 Å². The van der Waals surface area contributed by atoms with Crippen molar-refractivity contribution in [2.75, 3.05) is 13.2 Å². The second-order valence-electron chi connectivity index (χ2n) is 6.10. The molecule has 0 fully saturated rings. The van der Waals surface area contributed by atoms with Crippen LogP contribution in [-0.2, 0) is 6.54 Å². The molecule has 4 nitrogen and oxygen atoms in total. The molecule has 1 heterocycles. The van der Waals surface area contributed by atoms with Crippen molar-refractivity contribution in [3.05, 3.63) is 72.0 Å². The number of hydrogen-bond acceptors (Lipinski definition) is 5. The van der Waals surface area contributed by atoms with E-state index < -0.39 is 11.6 Å². The van der Waals surface area contributed by atoms with Gasteiger partial charge in [0.1, 0.15) is 11.4 Å². The molecule has 1 N–H and O–H groups in total. The molecule has 0 unspecified atom stereocenters. The third kappa shape index (κ3) is 4.99. The molecule has 3 rings (SSSR count). The molecular formula is C21H20F2N2O2S. The minimum atomic E-state index is -0.837. The Balaban J connectivity index is 1.45. The fourth-order valence-electron chi connectivity index (χ4n) is 2.62. The van der Waals surface area contributed by atoms with E-state index in [-0.39, 0.29) is 0 Å². The van der Waals surface area contributed by atoms with Gasteiger partial charge in [-0.1, -0.05) is 29.9 Å². The molecule has 7 heteroatoms. The Morgan fingerprint density at radius 3 is 2.79 bits per heavy atom. The van der Waals surface area contributed by atoms with Crippen LogP contribution in [0.15, 0.2) is 58.5 Å². The number of halogens is 2. The summed E-state index contributed by atoms with van der Waals surface area (Å²) in [7, 11) is 0. The molecule has 2 aromatic carbocycles. The van der Waals surface area contributed by atoms with Crippen LogP contribution >= 0.6 is 12.6 Å². The van der Waals surface area contributed by atoms with Crippen molar-refractivity contribution in [3.63, 3.8) is 0 Å². The summed E-state index contributed by atoms with van der Waals surface area (Å²) in [5.74, 6) is -0.430. The van der Waals surface area contributed by atoms with Gasteiger partial charge in [0, 0.05) is 12.1 Å². The first-order chi connectivity index (χ1) is 13.6. The Hall–Kier alpha value is -2.64. The van der Waals surface area contributed by atoms with Crippen LogP contribution in [0.4, 0.5) is 8.78 Å². The van der Waals surface area contributed by atoms with Crippen LogP contribution in [0.3, 0.4) is 0 Å². The molecule has 146 valence electrons. The van der Waals surface area contributed by atoms with Gasteiger partial charge in [0.05, 0.1) is 11.5 Å². The van der Waals surface area contributed by atoms with Crippen LogP contribution in [-0.4, -0.2) is 18.3 Å². The first kappa shape index (κ1) is 20.1. The number of nitrogens with one attached hydrogen (secondary N) is 1. The number of rotatable bonds is 9. The summed E-state index contributed by atoms with van der Waals surface area (Å²) in [6.45, 7) is 5.33. The van der Waals surface area contributed by atoms with Crippen LogP contribution in [0.25, 0.3) is 17.3 Å². The lowest BCUT2D eigenvalue weighted by molar-refractivity contribution is 0.308. The summed E-state index contributed by atoms with van der Waals surface area (Å²) in [4.78, 5) is 0.633. The number of ether oxygens (including phenoxy) is 1. The van der Waals surface area contributed by atoms with Crippen molar-refractivity contribution in [1.29, 1.82) is 0 Å². The standard InChI is InChI=1S/C21H20F2N2O2S/c1-2-19-21(28)20(25-27-19)15-5-3-6-16(12-15)26-10-4-9-24-13-14-7-8-17(22)18(23)11-14/h2-3,5-8,11-12,24,28H,1,4,9-10,13H2. The van der Waals surface area contributed by atoms with Crippen LogP contribution < -0.4 is 10.1 Å². The van der Waals surface area contributed by atoms with Crippen molar-refractivity contribution in [1.82, 2.24) is 10.5 Å². The van der Waals surface area contributed by atoms with E-state index in [9.17, 15) is 8.78 Å². The molecule has 3 aromatic rings. The largest absolute Gasteiger partial charge is 0.494 e. The topological polar surface area (TPSA) is 47.3 Å². The van der Waals surface area contributed by atoms with Crippen molar-refractivity contribution in [3.8, 4) is 17.0 Å². The van der Waals surface area contributed by atoms with E-state index in [1.165, 1.54) is 6.07 Å². The zero-order valence-electron chi connectivity index (χ0n) is 15.1. The molecule has 0 aliphatic carbocycles. The predicted molar refractivity (Wildman–Crippen MR) is 107 cm³/mol. The molecule has 0 amide bonds. The highest BCUT2D eigenvalue weighted by Gasteiger charge is 2.13. The Morgan fingerprint density at radius 1 is 1.18 bits per heavy atom. The molecule has 0 bridgehead atoms. The number of nitrogens with zero attached hydrogens (tertiary/aromatic N) is 1. The second-order valence-corrected chi connectivity index (χ2v) is 6.55. The van der Waals surface area contributed by atoms with E-state index in [0.29, 0.717) is 47.4 Å². The molecule has 28 heavy (non-hydrogen) atoms. The second kappa shape index (κ2) is 9.52. The average molecular weight is 402 g/mol. The van der Waals surface area contributed by atoms with Crippen LogP contribution in [0.2, 0.25) is 0 Å². The highest BCUT2D eigenvalue weighted by atomic mass is 32.1. The van der Waals surface area contributed by atoms with Crippen molar-refractivity contribution >= 4 is 18.7 Å². The molecule has 0 atom stereocenters. The first-order valence-electron chi connectivity index (χ1n) is 8.77. The Kier molecular flexibility index (Phi) is 6.84. The zero-order chi connectivity index (χ0) is 19.9. The number of hydrogen-bond donors (Lipinski definition) is 2. The van der Waals surface area contributed by atoms with Gasteiger partial charge in [-0.3, -0.25) is 0 Å². The maximum atomic E-state index is 13.2. The minimum absolute atomic E-state index is 0.467. The summed E-state index contributed by atoms with van der Waals surface area (Å²) in [6, 6.07) is 11.4. The third-order valence-corrected chi connectivity index (χ3v) is 4.50. The number of thiol groups is 1. The monoisotopic (exact) mass is 402 g/mol. The van der Waals surface area contributed by atoms with Gasteiger partial charge in [-0.2, -0.15) is 0 Å². The minimum Gasteiger partial charge on any atom is -0.494 e. The zero-order valence-corrected chi connectivity index (χ0v) is 16.0. The number of benzene rings is 2. The van der Waals surface area contributed by atoms with Gasteiger partial charge in [0.15, 0.2) is 17.4 Å². The predicted octanol–water partition coefficient (Wildman–Crippen LogP) is 5.11. The van der Waals surface area contributed by atoms with Gasteiger partial charge in [-0.25, -0.2) is 8.78 Å². The van der Waals surface area contributed by atoms with Gasteiger partial charge in [-0.05, 0) is 48.9 Å². The van der Waals surface area contributed by atoms with Crippen LogP contribution in [0, 0.1) is 11.6 Å². The quantitative estimate of drug-likeness (QED) is 0.386. The lowest BCUT2D eigenvalue weighted by atomic mass is 10.1. The average Bonchev–Trinajstić information content (AvgIpc) is 3.08. The van der Waals surface area contributed by atoms with E-state index in [1.807, 2.05) is 24.3 Å².